The van der Waals surface area contributed by atoms with Crippen LogP contribution in [0.5, 0.6) is 0 Å². The van der Waals surface area contributed by atoms with Crippen molar-refractivity contribution in [2.24, 2.45) is 0 Å². The predicted molar refractivity (Wildman–Crippen MR) is 66.6 cm³/mol. The maximum absolute atomic E-state index is 12.8. The molecule has 18 heavy (non-hydrogen) atoms. The molecule has 94 valence electrons. The number of hydrogen-bond acceptors (Lipinski definition) is 2. The average molecular weight is 247 g/mol. The summed E-state index contributed by atoms with van der Waals surface area (Å²) in [5.41, 5.74) is 1.79. The molecule has 1 aromatic heterocycles. The van der Waals surface area contributed by atoms with E-state index in [9.17, 15) is 9.18 Å². The van der Waals surface area contributed by atoms with Gasteiger partial charge >= 0.3 is 0 Å². The van der Waals surface area contributed by atoms with E-state index in [-0.39, 0.29) is 11.7 Å². The van der Waals surface area contributed by atoms with E-state index in [1.807, 2.05) is 6.92 Å². The predicted octanol–water partition coefficient (Wildman–Crippen LogP) is 2.36. The van der Waals surface area contributed by atoms with Gasteiger partial charge in [0, 0.05) is 12.1 Å². The van der Waals surface area contributed by atoms with E-state index < -0.39 is 0 Å². The van der Waals surface area contributed by atoms with Gasteiger partial charge in [0.2, 0.25) is 0 Å². The first-order valence-corrected chi connectivity index (χ1v) is 5.80. The molecule has 0 saturated carbocycles. The SMILES string of the molecule is CCCNC(=O)c1cc(-c2ccc(F)cc2)n[nH]1. The van der Waals surface area contributed by atoms with Gasteiger partial charge in [-0.05, 0) is 36.8 Å². The molecule has 0 spiro atoms. The fraction of sp³-hybridized carbons (Fsp3) is 0.231. The highest BCUT2D eigenvalue weighted by atomic mass is 19.1. The molecule has 4 nitrogen and oxygen atoms in total. The van der Waals surface area contributed by atoms with Gasteiger partial charge in [0.1, 0.15) is 11.5 Å². The molecule has 2 rings (SSSR count). The Hall–Kier alpha value is -2.17. The summed E-state index contributed by atoms with van der Waals surface area (Å²) >= 11 is 0. The van der Waals surface area contributed by atoms with Crippen LogP contribution in [0.15, 0.2) is 30.3 Å². The van der Waals surface area contributed by atoms with Crippen LogP contribution >= 0.6 is 0 Å². The smallest absolute Gasteiger partial charge is 0.269 e. The maximum Gasteiger partial charge on any atom is 0.269 e. The molecule has 1 aromatic carbocycles. The van der Waals surface area contributed by atoms with E-state index in [0.717, 1.165) is 12.0 Å². The second kappa shape index (κ2) is 5.44. The zero-order valence-electron chi connectivity index (χ0n) is 10.0. The Morgan fingerprint density at radius 2 is 2.11 bits per heavy atom. The summed E-state index contributed by atoms with van der Waals surface area (Å²) in [6.45, 7) is 2.61. The zero-order chi connectivity index (χ0) is 13.0. The molecule has 1 amide bonds. The van der Waals surface area contributed by atoms with Crippen molar-refractivity contribution in [3.8, 4) is 11.3 Å². The number of aromatic nitrogens is 2. The summed E-state index contributed by atoms with van der Waals surface area (Å²) in [5.74, 6) is -0.479. The minimum Gasteiger partial charge on any atom is -0.351 e. The summed E-state index contributed by atoms with van der Waals surface area (Å²) in [6.07, 6.45) is 0.880. The second-order valence-electron chi connectivity index (χ2n) is 3.93. The van der Waals surface area contributed by atoms with Crippen LogP contribution in [0, 0.1) is 5.82 Å². The molecule has 0 aliphatic heterocycles. The number of nitrogens with one attached hydrogen (secondary N) is 2. The topological polar surface area (TPSA) is 57.8 Å². The van der Waals surface area contributed by atoms with Crippen molar-refractivity contribution in [3.63, 3.8) is 0 Å². The Labute approximate surface area is 104 Å². The Morgan fingerprint density at radius 3 is 2.78 bits per heavy atom. The van der Waals surface area contributed by atoms with Gasteiger partial charge in [-0.15, -0.1) is 0 Å². The molecule has 0 fully saturated rings. The molecule has 0 saturated heterocycles. The third kappa shape index (κ3) is 2.74. The van der Waals surface area contributed by atoms with Gasteiger partial charge in [-0.3, -0.25) is 9.89 Å². The van der Waals surface area contributed by atoms with Crippen molar-refractivity contribution in [2.75, 3.05) is 6.54 Å². The van der Waals surface area contributed by atoms with Crippen LogP contribution in [0.1, 0.15) is 23.8 Å². The Morgan fingerprint density at radius 1 is 1.39 bits per heavy atom. The van der Waals surface area contributed by atoms with Crippen molar-refractivity contribution in [2.45, 2.75) is 13.3 Å². The number of halogens is 1. The number of benzene rings is 1. The van der Waals surface area contributed by atoms with Crippen LogP contribution in [-0.2, 0) is 0 Å². The van der Waals surface area contributed by atoms with Crippen LogP contribution in [-0.4, -0.2) is 22.6 Å². The van der Waals surface area contributed by atoms with E-state index in [4.69, 9.17) is 0 Å². The molecular weight excluding hydrogens is 233 g/mol. The van der Waals surface area contributed by atoms with Gasteiger partial charge in [0.05, 0.1) is 5.69 Å². The number of amides is 1. The Bertz CT molecular complexity index is 533. The van der Waals surface area contributed by atoms with Crippen molar-refractivity contribution < 1.29 is 9.18 Å². The molecule has 0 radical (unpaired) electrons. The Kier molecular flexibility index (Phi) is 3.72. The first-order chi connectivity index (χ1) is 8.70. The number of H-pyrrole nitrogens is 1. The zero-order valence-corrected chi connectivity index (χ0v) is 10.0. The average Bonchev–Trinajstić information content (AvgIpc) is 2.86. The van der Waals surface area contributed by atoms with E-state index in [2.05, 4.69) is 15.5 Å². The molecule has 1 heterocycles. The van der Waals surface area contributed by atoms with Gasteiger partial charge in [0.25, 0.3) is 5.91 Å². The largest absolute Gasteiger partial charge is 0.351 e. The quantitative estimate of drug-likeness (QED) is 0.871. The molecule has 2 N–H and O–H groups in total. The number of rotatable bonds is 4. The van der Waals surface area contributed by atoms with Crippen LogP contribution in [0.3, 0.4) is 0 Å². The highest BCUT2D eigenvalue weighted by molar-refractivity contribution is 5.93. The molecule has 0 atom stereocenters. The number of carbonyl (C=O) groups is 1. The normalized spacial score (nSPS) is 10.3. The summed E-state index contributed by atoms with van der Waals surface area (Å²) in [7, 11) is 0. The maximum atomic E-state index is 12.8. The van der Waals surface area contributed by atoms with Crippen molar-refractivity contribution in [3.05, 3.63) is 41.8 Å². The highest BCUT2D eigenvalue weighted by Crippen LogP contribution is 2.17. The third-order valence-electron chi connectivity index (χ3n) is 2.50. The van der Waals surface area contributed by atoms with E-state index >= 15 is 0 Å². The number of aromatic amines is 1. The number of carbonyl (C=O) groups excluding carboxylic acids is 1. The lowest BCUT2D eigenvalue weighted by Crippen LogP contribution is -2.24. The fourth-order valence-corrected chi connectivity index (χ4v) is 1.54. The summed E-state index contributed by atoms with van der Waals surface area (Å²) in [4.78, 5) is 11.7. The lowest BCUT2D eigenvalue weighted by Gasteiger charge is -1.99. The van der Waals surface area contributed by atoms with Crippen LogP contribution in [0.4, 0.5) is 4.39 Å². The lowest BCUT2D eigenvalue weighted by atomic mass is 10.1. The van der Waals surface area contributed by atoms with Crippen molar-refractivity contribution >= 4 is 5.91 Å². The fourth-order valence-electron chi connectivity index (χ4n) is 1.54. The van der Waals surface area contributed by atoms with Gasteiger partial charge in [-0.25, -0.2) is 4.39 Å². The summed E-state index contributed by atoms with van der Waals surface area (Å²) in [5, 5.41) is 9.46. The lowest BCUT2D eigenvalue weighted by molar-refractivity contribution is 0.0948. The van der Waals surface area contributed by atoms with Crippen molar-refractivity contribution in [1.29, 1.82) is 0 Å². The van der Waals surface area contributed by atoms with E-state index in [1.54, 1.807) is 18.2 Å². The van der Waals surface area contributed by atoms with E-state index in [0.29, 0.717) is 17.9 Å². The molecule has 5 heteroatoms. The molecule has 2 aromatic rings. The van der Waals surface area contributed by atoms with Gasteiger partial charge < -0.3 is 5.32 Å². The Balaban J connectivity index is 2.15. The standard InChI is InChI=1S/C13H14FN3O/c1-2-7-15-13(18)12-8-11(16-17-12)9-3-5-10(14)6-4-9/h3-6,8H,2,7H2,1H3,(H,15,18)(H,16,17). The van der Waals surface area contributed by atoms with Gasteiger partial charge in [-0.1, -0.05) is 6.92 Å². The van der Waals surface area contributed by atoms with Crippen LogP contribution < -0.4 is 5.32 Å². The minimum absolute atomic E-state index is 0.183. The first-order valence-electron chi connectivity index (χ1n) is 5.80. The van der Waals surface area contributed by atoms with E-state index in [1.165, 1.54) is 12.1 Å². The molecule has 0 aliphatic carbocycles. The highest BCUT2D eigenvalue weighted by Gasteiger charge is 2.10. The minimum atomic E-state index is -0.296. The molecule has 0 unspecified atom stereocenters. The first kappa shape index (κ1) is 12.3. The number of hydrogen-bond donors (Lipinski definition) is 2. The number of nitrogens with zero attached hydrogens (tertiary/aromatic N) is 1. The van der Waals surface area contributed by atoms with Crippen LogP contribution in [0.25, 0.3) is 11.3 Å². The van der Waals surface area contributed by atoms with Gasteiger partial charge in [0.15, 0.2) is 0 Å². The monoisotopic (exact) mass is 247 g/mol. The molecule has 0 bridgehead atoms. The second-order valence-corrected chi connectivity index (χ2v) is 3.93. The van der Waals surface area contributed by atoms with Crippen molar-refractivity contribution in [1.82, 2.24) is 15.5 Å². The third-order valence-corrected chi connectivity index (χ3v) is 2.50. The molecular formula is C13H14FN3O. The summed E-state index contributed by atoms with van der Waals surface area (Å²) < 4.78 is 12.8. The summed E-state index contributed by atoms with van der Waals surface area (Å²) in [6, 6.07) is 7.62. The molecule has 0 aliphatic rings. The van der Waals surface area contributed by atoms with Gasteiger partial charge in [-0.2, -0.15) is 5.10 Å². The van der Waals surface area contributed by atoms with Crippen LogP contribution in [0.2, 0.25) is 0 Å².